The van der Waals surface area contributed by atoms with Crippen LogP contribution in [0, 0.1) is 0 Å². The van der Waals surface area contributed by atoms with Crippen LogP contribution >= 0.6 is 0 Å². The molecule has 0 amide bonds. The minimum absolute atomic E-state index is 0.489. The molecule has 0 bridgehead atoms. The van der Waals surface area contributed by atoms with E-state index in [-0.39, 0.29) is 0 Å². The normalized spacial score (nSPS) is 15.4. The lowest BCUT2D eigenvalue weighted by Gasteiger charge is -2.20. The first-order valence-electron chi connectivity index (χ1n) is 6.08. The number of aliphatic hydroxyl groups excluding tert-OH is 1. The second kappa shape index (κ2) is 6.58. The van der Waals surface area contributed by atoms with Crippen molar-refractivity contribution < 1.29 is 19.3 Å². The van der Waals surface area contributed by atoms with Crippen molar-refractivity contribution in [3.8, 4) is 11.5 Å². The van der Waals surface area contributed by atoms with Gasteiger partial charge in [-0.05, 0) is 17.7 Å². The minimum Gasteiger partial charge on any atom is -0.486 e. The van der Waals surface area contributed by atoms with Gasteiger partial charge in [0.05, 0.1) is 12.7 Å². The van der Waals surface area contributed by atoms with Crippen molar-refractivity contribution in [1.82, 2.24) is 5.32 Å². The molecule has 1 heterocycles. The van der Waals surface area contributed by atoms with E-state index in [9.17, 15) is 5.11 Å². The molecule has 0 spiro atoms. The highest BCUT2D eigenvalue weighted by molar-refractivity contribution is 5.44. The molecule has 0 saturated heterocycles. The molecule has 100 valence electrons. The summed E-state index contributed by atoms with van der Waals surface area (Å²) < 4.78 is 15.8. The van der Waals surface area contributed by atoms with E-state index in [4.69, 9.17) is 14.2 Å². The molecule has 2 N–H and O–H groups in total. The van der Waals surface area contributed by atoms with Gasteiger partial charge >= 0.3 is 0 Å². The predicted octanol–water partition coefficient (Wildman–Crippen LogP) is 0.727. The number of hydrogen-bond donors (Lipinski definition) is 2. The summed E-state index contributed by atoms with van der Waals surface area (Å²) in [5.41, 5.74) is 0.823. The van der Waals surface area contributed by atoms with E-state index in [1.54, 1.807) is 7.11 Å². The van der Waals surface area contributed by atoms with Crippen molar-refractivity contribution >= 4 is 0 Å². The summed E-state index contributed by atoms with van der Waals surface area (Å²) in [5, 5.41) is 13.1. The smallest absolute Gasteiger partial charge is 0.161 e. The van der Waals surface area contributed by atoms with E-state index in [2.05, 4.69) is 5.32 Å². The van der Waals surface area contributed by atoms with Crippen LogP contribution in [0.4, 0.5) is 0 Å². The number of hydrogen-bond acceptors (Lipinski definition) is 5. The fourth-order valence-corrected chi connectivity index (χ4v) is 1.80. The third-order valence-corrected chi connectivity index (χ3v) is 2.77. The zero-order chi connectivity index (χ0) is 12.8. The van der Waals surface area contributed by atoms with Gasteiger partial charge in [0, 0.05) is 20.2 Å². The SMILES string of the molecule is COCCNCC(O)c1ccc2c(c1)OCCO2. The Bertz CT molecular complexity index is 383. The van der Waals surface area contributed by atoms with Crippen molar-refractivity contribution in [1.29, 1.82) is 0 Å². The van der Waals surface area contributed by atoms with E-state index in [1.807, 2.05) is 18.2 Å². The van der Waals surface area contributed by atoms with Crippen molar-refractivity contribution in [3.63, 3.8) is 0 Å². The van der Waals surface area contributed by atoms with Crippen LogP contribution in [0.2, 0.25) is 0 Å². The van der Waals surface area contributed by atoms with Crippen molar-refractivity contribution in [2.75, 3.05) is 40.0 Å². The zero-order valence-electron chi connectivity index (χ0n) is 10.5. The fourth-order valence-electron chi connectivity index (χ4n) is 1.80. The molecule has 18 heavy (non-hydrogen) atoms. The summed E-state index contributed by atoms with van der Waals surface area (Å²) in [7, 11) is 1.65. The molecule has 1 aromatic carbocycles. The van der Waals surface area contributed by atoms with E-state index in [0.717, 1.165) is 17.9 Å². The molecule has 2 rings (SSSR count). The Morgan fingerprint density at radius 3 is 2.89 bits per heavy atom. The summed E-state index contributed by atoms with van der Waals surface area (Å²) in [6.45, 7) is 2.97. The molecule has 1 unspecified atom stereocenters. The van der Waals surface area contributed by atoms with Gasteiger partial charge in [-0.25, -0.2) is 0 Å². The molecule has 5 nitrogen and oxygen atoms in total. The first-order chi connectivity index (χ1) is 8.81. The maximum atomic E-state index is 10.0. The highest BCUT2D eigenvalue weighted by Gasteiger charge is 2.15. The third-order valence-electron chi connectivity index (χ3n) is 2.77. The molecule has 1 aliphatic rings. The Morgan fingerprint density at radius 2 is 2.11 bits per heavy atom. The maximum Gasteiger partial charge on any atom is 0.161 e. The van der Waals surface area contributed by atoms with Gasteiger partial charge in [-0.15, -0.1) is 0 Å². The van der Waals surface area contributed by atoms with Crippen LogP contribution in [-0.2, 0) is 4.74 Å². The molecule has 0 radical (unpaired) electrons. The van der Waals surface area contributed by atoms with Crippen LogP contribution in [0.3, 0.4) is 0 Å². The van der Waals surface area contributed by atoms with Crippen LogP contribution in [-0.4, -0.2) is 45.1 Å². The predicted molar refractivity (Wildman–Crippen MR) is 67.1 cm³/mol. The summed E-state index contributed by atoms with van der Waals surface area (Å²) in [6, 6.07) is 5.52. The standard InChI is InChI=1S/C13H19NO4/c1-16-5-4-14-9-11(15)10-2-3-12-13(8-10)18-7-6-17-12/h2-3,8,11,14-15H,4-7,9H2,1H3. The molecule has 0 aliphatic carbocycles. The monoisotopic (exact) mass is 253 g/mol. The van der Waals surface area contributed by atoms with Crippen LogP contribution in [0.25, 0.3) is 0 Å². The van der Waals surface area contributed by atoms with Gasteiger partial charge in [0.1, 0.15) is 13.2 Å². The van der Waals surface area contributed by atoms with Gasteiger partial charge in [0.2, 0.25) is 0 Å². The highest BCUT2D eigenvalue weighted by Crippen LogP contribution is 2.32. The summed E-state index contributed by atoms with van der Waals surface area (Å²) in [4.78, 5) is 0. The largest absolute Gasteiger partial charge is 0.486 e. The number of rotatable bonds is 6. The Morgan fingerprint density at radius 1 is 1.33 bits per heavy atom. The highest BCUT2D eigenvalue weighted by atomic mass is 16.6. The van der Waals surface area contributed by atoms with Crippen LogP contribution in [0.1, 0.15) is 11.7 Å². The lowest BCUT2D eigenvalue weighted by atomic mass is 10.1. The molecular formula is C13H19NO4. The lowest BCUT2D eigenvalue weighted by Crippen LogP contribution is -2.25. The molecule has 1 aromatic rings. The molecule has 5 heteroatoms. The Labute approximate surface area is 107 Å². The van der Waals surface area contributed by atoms with Crippen LogP contribution in [0.15, 0.2) is 18.2 Å². The van der Waals surface area contributed by atoms with Gasteiger partial charge in [-0.3, -0.25) is 0 Å². The average molecular weight is 253 g/mol. The number of aliphatic hydroxyl groups is 1. The van der Waals surface area contributed by atoms with Gasteiger partial charge in [-0.2, -0.15) is 0 Å². The molecule has 0 aromatic heterocycles. The van der Waals surface area contributed by atoms with Crippen molar-refractivity contribution in [3.05, 3.63) is 23.8 Å². The number of fused-ring (bicyclic) bond motifs is 1. The first-order valence-corrected chi connectivity index (χ1v) is 6.08. The second-order valence-electron chi connectivity index (χ2n) is 4.12. The van der Waals surface area contributed by atoms with Gasteiger partial charge in [0.15, 0.2) is 11.5 Å². The second-order valence-corrected chi connectivity index (χ2v) is 4.12. The quantitative estimate of drug-likeness (QED) is 0.732. The summed E-state index contributed by atoms with van der Waals surface area (Å²) >= 11 is 0. The van der Waals surface area contributed by atoms with E-state index in [0.29, 0.717) is 32.1 Å². The van der Waals surface area contributed by atoms with Gasteiger partial charge in [-0.1, -0.05) is 6.07 Å². The maximum absolute atomic E-state index is 10.0. The Kier molecular flexibility index (Phi) is 4.81. The van der Waals surface area contributed by atoms with E-state index < -0.39 is 6.10 Å². The van der Waals surface area contributed by atoms with E-state index in [1.165, 1.54) is 0 Å². The van der Waals surface area contributed by atoms with Crippen LogP contribution < -0.4 is 14.8 Å². The topological polar surface area (TPSA) is 60.0 Å². The van der Waals surface area contributed by atoms with Gasteiger partial charge in [0.25, 0.3) is 0 Å². The third kappa shape index (κ3) is 3.35. The number of benzene rings is 1. The first kappa shape index (κ1) is 13.1. The fraction of sp³-hybridized carbons (Fsp3) is 0.538. The number of methoxy groups -OCH3 is 1. The van der Waals surface area contributed by atoms with Crippen molar-refractivity contribution in [2.24, 2.45) is 0 Å². The van der Waals surface area contributed by atoms with Crippen molar-refractivity contribution in [2.45, 2.75) is 6.10 Å². The summed E-state index contributed by atoms with van der Waals surface area (Å²) in [6.07, 6.45) is -0.558. The Balaban J connectivity index is 1.91. The van der Waals surface area contributed by atoms with Crippen LogP contribution in [0.5, 0.6) is 11.5 Å². The number of nitrogens with one attached hydrogen (secondary N) is 1. The van der Waals surface area contributed by atoms with Gasteiger partial charge < -0.3 is 24.6 Å². The minimum atomic E-state index is -0.558. The lowest BCUT2D eigenvalue weighted by molar-refractivity contribution is 0.157. The van der Waals surface area contributed by atoms with E-state index >= 15 is 0 Å². The Hall–Kier alpha value is -1.30. The average Bonchev–Trinajstić information content (AvgIpc) is 2.43. The molecule has 0 saturated carbocycles. The molecule has 1 aliphatic heterocycles. The molecule has 1 atom stereocenters. The zero-order valence-corrected chi connectivity index (χ0v) is 10.5. The summed E-state index contributed by atoms with van der Waals surface area (Å²) in [5.74, 6) is 1.44. The number of ether oxygens (including phenoxy) is 3. The molecule has 0 fully saturated rings. The molecular weight excluding hydrogens is 234 g/mol.